The molecule has 0 saturated heterocycles. The molecule has 0 spiro atoms. The van der Waals surface area contributed by atoms with Crippen molar-refractivity contribution in [1.82, 2.24) is 10.3 Å². The van der Waals surface area contributed by atoms with Gasteiger partial charge in [0, 0.05) is 34.3 Å². The van der Waals surface area contributed by atoms with Crippen molar-refractivity contribution >= 4 is 38.9 Å². The highest BCUT2D eigenvalue weighted by molar-refractivity contribution is 9.10. The summed E-state index contributed by atoms with van der Waals surface area (Å²) in [6.07, 6.45) is 3.65. The average molecular weight is 332 g/mol. The van der Waals surface area contributed by atoms with Gasteiger partial charge in [-0.25, -0.2) is 0 Å². The van der Waals surface area contributed by atoms with Crippen molar-refractivity contribution in [2.24, 2.45) is 0 Å². The first-order valence-corrected chi connectivity index (χ1v) is 7.22. The highest BCUT2D eigenvalue weighted by atomic mass is 79.9. The number of hydrogen-bond acceptors (Lipinski definition) is 3. The topological polar surface area (TPSA) is 24.9 Å². The number of thiophene rings is 1. The number of nitrogens with zero attached hydrogens (tertiary/aromatic N) is 1. The molecule has 0 radical (unpaired) electrons. The molecule has 0 fully saturated rings. The summed E-state index contributed by atoms with van der Waals surface area (Å²) >= 11 is 10.9. The zero-order chi connectivity index (χ0) is 12.3. The molecule has 1 unspecified atom stereocenters. The maximum atomic E-state index is 5.92. The van der Waals surface area contributed by atoms with Crippen LogP contribution in [0.25, 0.3) is 0 Å². The molecular weight excluding hydrogens is 320 g/mol. The minimum Gasteiger partial charge on any atom is -0.305 e. The molecule has 2 rings (SSSR count). The Morgan fingerprint density at radius 2 is 2.29 bits per heavy atom. The lowest BCUT2D eigenvalue weighted by atomic mass is 10.2. The number of nitrogens with one attached hydrogen (secondary N) is 1. The van der Waals surface area contributed by atoms with Crippen LogP contribution in [0.3, 0.4) is 0 Å². The van der Waals surface area contributed by atoms with Gasteiger partial charge < -0.3 is 5.32 Å². The molecule has 2 nitrogen and oxygen atoms in total. The van der Waals surface area contributed by atoms with E-state index in [1.54, 1.807) is 17.5 Å². The van der Waals surface area contributed by atoms with E-state index in [4.69, 9.17) is 11.6 Å². The first-order chi connectivity index (χ1) is 8.15. The highest BCUT2D eigenvalue weighted by Crippen LogP contribution is 2.26. The Labute approximate surface area is 118 Å². The molecule has 0 amide bonds. The number of pyridine rings is 1. The monoisotopic (exact) mass is 330 g/mol. The van der Waals surface area contributed by atoms with Crippen molar-refractivity contribution in [2.45, 2.75) is 19.5 Å². The van der Waals surface area contributed by atoms with Crippen LogP contribution in [-0.2, 0) is 6.54 Å². The van der Waals surface area contributed by atoms with Gasteiger partial charge in [0.15, 0.2) is 0 Å². The lowest BCUT2D eigenvalue weighted by Gasteiger charge is -2.11. The zero-order valence-corrected chi connectivity index (χ0v) is 12.4. The van der Waals surface area contributed by atoms with Crippen molar-refractivity contribution in [3.05, 3.63) is 49.8 Å². The fourth-order valence-electron chi connectivity index (χ4n) is 1.49. The van der Waals surface area contributed by atoms with Crippen LogP contribution in [-0.4, -0.2) is 4.98 Å². The summed E-state index contributed by atoms with van der Waals surface area (Å²) < 4.78 is 1.83. The van der Waals surface area contributed by atoms with Gasteiger partial charge in [0.05, 0.1) is 4.34 Å². The summed E-state index contributed by atoms with van der Waals surface area (Å²) in [6, 6.07) is 6.35. The SMILES string of the molecule is CC(NCc1cncc(Br)c1)c1ccc(Cl)s1. The summed E-state index contributed by atoms with van der Waals surface area (Å²) in [4.78, 5) is 5.38. The maximum absolute atomic E-state index is 5.92. The van der Waals surface area contributed by atoms with E-state index in [0.29, 0.717) is 6.04 Å². The van der Waals surface area contributed by atoms with Crippen LogP contribution in [0.4, 0.5) is 0 Å². The van der Waals surface area contributed by atoms with E-state index in [1.807, 2.05) is 12.3 Å². The van der Waals surface area contributed by atoms with Crippen molar-refractivity contribution in [2.75, 3.05) is 0 Å². The Morgan fingerprint density at radius 1 is 1.47 bits per heavy atom. The fourth-order valence-corrected chi connectivity index (χ4v) is 2.99. The predicted octanol–water partition coefficient (Wildman–Crippen LogP) is 4.41. The molecule has 0 bridgehead atoms. The fraction of sp³-hybridized carbons (Fsp3) is 0.250. The first kappa shape index (κ1) is 13.0. The van der Waals surface area contributed by atoms with Crippen LogP contribution in [0.1, 0.15) is 23.4 Å². The molecule has 2 aromatic rings. The van der Waals surface area contributed by atoms with E-state index in [0.717, 1.165) is 20.9 Å². The number of aromatic nitrogens is 1. The smallest absolute Gasteiger partial charge is 0.0931 e. The molecule has 0 aliphatic carbocycles. The van der Waals surface area contributed by atoms with Gasteiger partial charge >= 0.3 is 0 Å². The molecule has 1 N–H and O–H groups in total. The van der Waals surface area contributed by atoms with Crippen LogP contribution in [0.15, 0.2) is 35.1 Å². The minimum atomic E-state index is 0.298. The molecule has 5 heteroatoms. The third kappa shape index (κ3) is 3.78. The summed E-state index contributed by atoms with van der Waals surface area (Å²) in [6.45, 7) is 2.93. The molecular formula is C12H12BrClN2S. The molecule has 0 saturated carbocycles. The molecule has 90 valence electrons. The van der Waals surface area contributed by atoms with E-state index in [1.165, 1.54) is 4.88 Å². The van der Waals surface area contributed by atoms with Crippen molar-refractivity contribution in [3.8, 4) is 0 Å². The van der Waals surface area contributed by atoms with E-state index in [2.05, 4.69) is 45.3 Å². The second-order valence-electron chi connectivity index (χ2n) is 3.76. The molecule has 1 atom stereocenters. The summed E-state index contributed by atoms with van der Waals surface area (Å²) in [5.41, 5.74) is 1.16. The van der Waals surface area contributed by atoms with E-state index in [9.17, 15) is 0 Å². The first-order valence-electron chi connectivity index (χ1n) is 5.23. The molecule has 0 aliphatic rings. The highest BCUT2D eigenvalue weighted by Gasteiger charge is 2.07. The molecule has 0 aromatic carbocycles. The van der Waals surface area contributed by atoms with Gasteiger partial charge in [0.25, 0.3) is 0 Å². The largest absolute Gasteiger partial charge is 0.305 e. The van der Waals surface area contributed by atoms with Gasteiger partial charge in [-0.15, -0.1) is 11.3 Å². The number of rotatable bonds is 4. The number of hydrogen-bond donors (Lipinski definition) is 1. The van der Waals surface area contributed by atoms with Crippen LogP contribution in [0.2, 0.25) is 4.34 Å². The van der Waals surface area contributed by atoms with Crippen molar-refractivity contribution in [3.63, 3.8) is 0 Å². The second kappa shape index (κ2) is 5.96. The standard InChI is InChI=1S/C12H12BrClN2S/c1-8(11-2-3-12(14)17-11)16-6-9-4-10(13)7-15-5-9/h2-5,7-8,16H,6H2,1H3. The quantitative estimate of drug-likeness (QED) is 0.897. The summed E-state index contributed by atoms with van der Waals surface area (Å²) in [5, 5.41) is 3.45. The van der Waals surface area contributed by atoms with Gasteiger partial charge in [-0.05, 0) is 46.6 Å². The predicted molar refractivity (Wildman–Crippen MR) is 76.5 cm³/mol. The Kier molecular flexibility index (Phi) is 4.56. The lowest BCUT2D eigenvalue weighted by molar-refractivity contribution is 0.582. The normalized spacial score (nSPS) is 12.6. The van der Waals surface area contributed by atoms with Crippen molar-refractivity contribution < 1.29 is 0 Å². The molecule has 2 aromatic heterocycles. The van der Waals surface area contributed by atoms with Crippen LogP contribution in [0, 0.1) is 0 Å². The Bertz CT molecular complexity index is 501. The van der Waals surface area contributed by atoms with Gasteiger partial charge in [-0.1, -0.05) is 11.6 Å². The van der Waals surface area contributed by atoms with Crippen LogP contribution >= 0.6 is 38.9 Å². The van der Waals surface area contributed by atoms with Crippen LogP contribution < -0.4 is 5.32 Å². The van der Waals surface area contributed by atoms with E-state index >= 15 is 0 Å². The number of halogens is 2. The summed E-state index contributed by atoms with van der Waals surface area (Å²) in [7, 11) is 0. The van der Waals surface area contributed by atoms with Crippen molar-refractivity contribution in [1.29, 1.82) is 0 Å². The molecule has 2 heterocycles. The maximum Gasteiger partial charge on any atom is 0.0931 e. The van der Waals surface area contributed by atoms with Gasteiger partial charge in [0.1, 0.15) is 0 Å². The molecule has 17 heavy (non-hydrogen) atoms. The van der Waals surface area contributed by atoms with E-state index < -0.39 is 0 Å². The third-order valence-corrected chi connectivity index (χ3v) is 4.24. The lowest BCUT2D eigenvalue weighted by Crippen LogP contribution is -2.17. The van der Waals surface area contributed by atoms with Crippen LogP contribution in [0.5, 0.6) is 0 Å². The average Bonchev–Trinajstić information content (AvgIpc) is 2.73. The second-order valence-corrected chi connectivity index (χ2v) is 6.42. The van der Waals surface area contributed by atoms with E-state index in [-0.39, 0.29) is 0 Å². The summed E-state index contributed by atoms with van der Waals surface area (Å²) in [5.74, 6) is 0. The molecule has 0 aliphatic heterocycles. The third-order valence-electron chi connectivity index (χ3n) is 2.39. The zero-order valence-electron chi connectivity index (χ0n) is 9.28. The Balaban J connectivity index is 1.94. The van der Waals surface area contributed by atoms with Gasteiger partial charge in [0.2, 0.25) is 0 Å². The Hall–Kier alpha value is -0.420. The van der Waals surface area contributed by atoms with Gasteiger partial charge in [-0.3, -0.25) is 4.98 Å². The van der Waals surface area contributed by atoms with Gasteiger partial charge in [-0.2, -0.15) is 0 Å². The minimum absolute atomic E-state index is 0.298. The Morgan fingerprint density at radius 3 is 2.94 bits per heavy atom.